The third kappa shape index (κ3) is 2.71. The van der Waals surface area contributed by atoms with Gasteiger partial charge in [0.05, 0.1) is 9.82 Å². The van der Waals surface area contributed by atoms with Gasteiger partial charge in [0.25, 0.3) is 5.69 Å². The number of nitrogens with zero attached hydrogens (tertiary/aromatic N) is 1. The molecule has 0 aliphatic heterocycles. The molecule has 92 valence electrons. The van der Waals surface area contributed by atoms with E-state index in [0.717, 1.165) is 4.90 Å². The number of benzene rings is 2. The Kier molecular flexibility index (Phi) is 3.67. The summed E-state index contributed by atoms with van der Waals surface area (Å²) in [6.45, 7) is 4.09. The normalized spacial score (nSPS) is 10.3. The van der Waals surface area contributed by atoms with E-state index in [-0.39, 0.29) is 10.6 Å². The summed E-state index contributed by atoms with van der Waals surface area (Å²) in [4.78, 5) is 12.3. The standard InChI is InChI=1S/C14H13NO2S/c1-10-7-8-12(9-11(10)2)18-14-6-4-3-5-13(14)15(16)17/h3-9H,1-2H3. The van der Waals surface area contributed by atoms with Gasteiger partial charge >= 0.3 is 0 Å². The Morgan fingerprint density at radius 3 is 2.44 bits per heavy atom. The van der Waals surface area contributed by atoms with Crippen molar-refractivity contribution < 1.29 is 4.92 Å². The molecule has 18 heavy (non-hydrogen) atoms. The fourth-order valence-electron chi connectivity index (χ4n) is 1.60. The summed E-state index contributed by atoms with van der Waals surface area (Å²) in [7, 11) is 0. The van der Waals surface area contributed by atoms with Gasteiger partial charge in [-0.1, -0.05) is 30.0 Å². The molecule has 0 unspecified atom stereocenters. The summed E-state index contributed by atoms with van der Waals surface area (Å²) >= 11 is 1.42. The molecule has 0 fully saturated rings. The van der Waals surface area contributed by atoms with E-state index >= 15 is 0 Å². The van der Waals surface area contributed by atoms with E-state index < -0.39 is 0 Å². The zero-order valence-electron chi connectivity index (χ0n) is 10.2. The molecule has 0 amide bonds. The number of nitro groups is 1. The summed E-state index contributed by atoms with van der Waals surface area (Å²) < 4.78 is 0. The van der Waals surface area contributed by atoms with Crippen molar-refractivity contribution in [2.45, 2.75) is 23.6 Å². The lowest BCUT2D eigenvalue weighted by molar-refractivity contribution is -0.387. The summed E-state index contributed by atoms with van der Waals surface area (Å²) in [6, 6.07) is 12.9. The summed E-state index contributed by atoms with van der Waals surface area (Å²) in [5, 5.41) is 10.9. The average molecular weight is 259 g/mol. The van der Waals surface area contributed by atoms with Crippen LogP contribution in [0.15, 0.2) is 52.3 Å². The van der Waals surface area contributed by atoms with Gasteiger partial charge in [0, 0.05) is 11.0 Å². The highest BCUT2D eigenvalue weighted by Gasteiger charge is 2.13. The quantitative estimate of drug-likeness (QED) is 0.607. The molecular weight excluding hydrogens is 246 g/mol. The first-order chi connectivity index (χ1) is 8.58. The van der Waals surface area contributed by atoms with Crippen LogP contribution in [0.25, 0.3) is 0 Å². The van der Waals surface area contributed by atoms with E-state index in [4.69, 9.17) is 0 Å². The maximum absolute atomic E-state index is 10.9. The van der Waals surface area contributed by atoms with Crippen LogP contribution in [0.1, 0.15) is 11.1 Å². The first-order valence-electron chi connectivity index (χ1n) is 5.56. The largest absolute Gasteiger partial charge is 0.283 e. The number of nitro benzene ring substituents is 1. The minimum Gasteiger partial charge on any atom is -0.258 e. The molecule has 0 aliphatic rings. The molecule has 2 aromatic rings. The Balaban J connectivity index is 2.34. The monoisotopic (exact) mass is 259 g/mol. The van der Waals surface area contributed by atoms with Crippen molar-refractivity contribution in [1.82, 2.24) is 0 Å². The molecule has 0 spiro atoms. The van der Waals surface area contributed by atoms with Gasteiger partial charge < -0.3 is 0 Å². The fourth-order valence-corrected chi connectivity index (χ4v) is 2.62. The predicted molar refractivity (Wildman–Crippen MR) is 73.1 cm³/mol. The van der Waals surface area contributed by atoms with Crippen molar-refractivity contribution in [2.75, 3.05) is 0 Å². The van der Waals surface area contributed by atoms with Crippen molar-refractivity contribution in [3.63, 3.8) is 0 Å². The van der Waals surface area contributed by atoms with E-state index in [1.54, 1.807) is 12.1 Å². The Bertz CT molecular complexity index is 596. The lowest BCUT2D eigenvalue weighted by Gasteiger charge is -2.05. The molecule has 0 bridgehead atoms. The molecule has 0 saturated carbocycles. The molecule has 0 atom stereocenters. The molecule has 0 N–H and O–H groups in total. The fraction of sp³-hybridized carbons (Fsp3) is 0.143. The van der Waals surface area contributed by atoms with Crippen LogP contribution in [0.2, 0.25) is 0 Å². The van der Waals surface area contributed by atoms with Gasteiger partial charge in [0.15, 0.2) is 0 Å². The molecular formula is C14H13NO2S. The minimum atomic E-state index is -0.344. The Hall–Kier alpha value is -1.81. The Morgan fingerprint density at radius 1 is 1.06 bits per heavy atom. The van der Waals surface area contributed by atoms with Gasteiger partial charge in [-0.3, -0.25) is 10.1 Å². The molecule has 0 aromatic heterocycles. The lowest BCUT2D eigenvalue weighted by atomic mass is 10.1. The van der Waals surface area contributed by atoms with Gasteiger partial charge in [-0.2, -0.15) is 0 Å². The number of rotatable bonds is 3. The van der Waals surface area contributed by atoms with Crippen LogP contribution in [0.5, 0.6) is 0 Å². The Morgan fingerprint density at radius 2 is 1.78 bits per heavy atom. The van der Waals surface area contributed by atoms with Crippen LogP contribution >= 0.6 is 11.8 Å². The number of hydrogen-bond donors (Lipinski definition) is 0. The zero-order chi connectivity index (χ0) is 13.1. The molecule has 2 rings (SSSR count). The second-order valence-corrected chi connectivity index (χ2v) is 5.19. The highest BCUT2D eigenvalue weighted by molar-refractivity contribution is 7.99. The first kappa shape index (κ1) is 12.6. The zero-order valence-corrected chi connectivity index (χ0v) is 11.0. The Labute approximate surface area is 110 Å². The number of aryl methyl sites for hydroxylation is 2. The molecule has 0 saturated heterocycles. The summed E-state index contributed by atoms with van der Waals surface area (Å²) in [5.41, 5.74) is 2.57. The number of para-hydroxylation sites is 1. The van der Waals surface area contributed by atoms with Crippen molar-refractivity contribution in [1.29, 1.82) is 0 Å². The third-order valence-electron chi connectivity index (χ3n) is 2.77. The van der Waals surface area contributed by atoms with Gasteiger partial charge in [0.1, 0.15) is 0 Å². The highest BCUT2D eigenvalue weighted by Crippen LogP contribution is 2.35. The van der Waals surface area contributed by atoms with E-state index in [0.29, 0.717) is 4.90 Å². The third-order valence-corrected chi connectivity index (χ3v) is 3.82. The van der Waals surface area contributed by atoms with Crippen molar-refractivity contribution in [3.8, 4) is 0 Å². The van der Waals surface area contributed by atoms with Crippen LogP contribution in [0.4, 0.5) is 5.69 Å². The molecule has 2 aromatic carbocycles. The maximum atomic E-state index is 10.9. The second-order valence-electron chi connectivity index (χ2n) is 4.07. The lowest BCUT2D eigenvalue weighted by Crippen LogP contribution is -1.90. The van der Waals surface area contributed by atoms with Crippen LogP contribution in [0, 0.1) is 24.0 Å². The number of hydrogen-bond acceptors (Lipinski definition) is 3. The molecule has 4 heteroatoms. The second kappa shape index (κ2) is 5.23. The topological polar surface area (TPSA) is 43.1 Å². The van der Waals surface area contributed by atoms with Gasteiger partial charge in [-0.05, 0) is 43.2 Å². The molecule has 3 nitrogen and oxygen atoms in total. The van der Waals surface area contributed by atoms with E-state index in [1.165, 1.54) is 29.0 Å². The van der Waals surface area contributed by atoms with Crippen LogP contribution in [0.3, 0.4) is 0 Å². The van der Waals surface area contributed by atoms with Gasteiger partial charge in [-0.15, -0.1) is 0 Å². The van der Waals surface area contributed by atoms with Crippen molar-refractivity contribution in [3.05, 3.63) is 63.7 Å². The minimum absolute atomic E-state index is 0.153. The predicted octanol–water partition coefficient (Wildman–Crippen LogP) is 4.36. The summed E-state index contributed by atoms with van der Waals surface area (Å²) in [6.07, 6.45) is 0. The highest BCUT2D eigenvalue weighted by atomic mass is 32.2. The van der Waals surface area contributed by atoms with E-state index in [9.17, 15) is 10.1 Å². The smallest absolute Gasteiger partial charge is 0.258 e. The maximum Gasteiger partial charge on any atom is 0.283 e. The molecule has 0 radical (unpaired) electrons. The van der Waals surface area contributed by atoms with Gasteiger partial charge in [0.2, 0.25) is 0 Å². The van der Waals surface area contributed by atoms with Crippen LogP contribution in [-0.4, -0.2) is 4.92 Å². The average Bonchev–Trinajstić information content (AvgIpc) is 2.34. The van der Waals surface area contributed by atoms with E-state index in [2.05, 4.69) is 13.0 Å². The molecule has 0 aliphatic carbocycles. The SMILES string of the molecule is Cc1ccc(Sc2ccccc2[N+](=O)[O-])cc1C. The van der Waals surface area contributed by atoms with Crippen LogP contribution < -0.4 is 0 Å². The first-order valence-corrected chi connectivity index (χ1v) is 6.38. The molecule has 0 heterocycles. The van der Waals surface area contributed by atoms with Crippen LogP contribution in [-0.2, 0) is 0 Å². The van der Waals surface area contributed by atoms with E-state index in [1.807, 2.05) is 25.1 Å². The van der Waals surface area contributed by atoms with Gasteiger partial charge in [-0.25, -0.2) is 0 Å². The summed E-state index contributed by atoms with van der Waals surface area (Å²) in [5.74, 6) is 0. The van der Waals surface area contributed by atoms with Crippen molar-refractivity contribution >= 4 is 17.4 Å². The van der Waals surface area contributed by atoms with Crippen molar-refractivity contribution in [2.24, 2.45) is 0 Å².